The van der Waals surface area contributed by atoms with Crippen molar-refractivity contribution >= 4 is 28.9 Å². The molecule has 0 saturated heterocycles. The van der Waals surface area contributed by atoms with Gasteiger partial charge in [0.2, 0.25) is 5.88 Å². The monoisotopic (exact) mass is 470 g/mol. The predicted molar refractivity (Wildman–Crippen MR) is 129 cm³/mol. The third-order valence-corrected chi connectivity index (χ3v) is 4.67. The number of pyridine rings is 1. The maximum absolute atomic E-state index is 12.6. The molecule has 0 atom stereocenters. The van der Waals surface area contributed by atoms with Gasteiger partial charge >= 0.3 is 5.97 Å². The maximum atomic E-state index is 12.6. The van der Waals surface area contributed by atoms with E-state index in [1.807, 2.05) is 26.8 Å². The molecule has 0 bridgehead atoms. The van der Waals surface area contributed by atoms with Gasteiger partial charge in [-0.2, -0.15) is 0 Å². The fourth-order valence-corrected chi connectivity index (χ4v) is 2.92. The normalized spacial score (nSPS) is 10.8. The minimum absolute atomic E-state index is 0.170. The Labute approximate surface area is 196 Å². The topological polar surface area (TPSA) is 71.5 Å². The number of rotatable bonds is 7. The largest absolute Gasteiger partial charge is 0.478 e. The van der Waals surface area contributed by atoms with Crippen LogP contribution in [0.1, 0.15) is 54.2 Å². The van der Waals surface area contributed by atoms with Gasteiger partial charge in [-0.3, -0.25) is 0 Å². The molecule has 33 heavy (non-hydrogen) atoms. The fraction of sp³-hybridized carbons (Fsp3) is 0.160. The number of carboxylic acid groups (broad SMARTS) is 1. The first-order valence-corrected chi connectivity index (χ1v) is 10.6. The number of hydrogen-bond donors (Lipinski definition) is 2. The first kappa shape index (κ1) is 25.6. The van der Waals surface area contributed by atoms with Gasteiger partial charge in [-0.05, 0) is 55.0 Å². The fourth-order valence-electron chi connectivity index (χ4n) is 2.67. The molecule has 0 saturated carbocycles. The minimum Gasteiger partial charge on any atom is -0.478 e. The Kier molecular flexibility index (Phi) is 9.62. The lowest BCUT2D eigenvalue weighted by molar-refractivity contribution is 0.0697. The van der Waals surface area contributed by atoms with Crippen LogP contribution < -0.4 is 10.1 Å². The highest BCUT2D eigenvalue weighted by Crippen LogP contribution is 2.23. The lowest BCUT2D eigenvalue weighted by atomic mass is 10.1. The number of aromatic nitrogens is 1. The standard InChI is InChI=1S/C23H18F2N2O3S.C2H6/c1-2-19(14-3-5-16(6-4-14)23(28)29)27-22(31)15-7-10-18(11-8-15)30-20-12-9-17(13-26-20)21(24)25;1-2/h2-13,21H,1H3,(H,27,31)(H,28,29);1-2H3/b19-2-;. The van der Waals surface area contributed by atoms with Gasteiger partial charge in [0.05, 0.1) is 5.56 Å². The van der Waals surface area contributed by atoms with Gasteiger partial charge in [0.15, 0.2) is 0 Å². The number of nitrogens with one attached hydrogen (secondary N) is 1. The van der Waals surface area contributed by atoms with E-state index in [0.29, 0.717) is 10.7 Å². The van der Waals surface area contributed by atoms with Crippen molar-refractivity contribution in [2.45, 2.75) is 27.2 Å². The van der Waals surface area contributed by atoms with E-state index in [1.165, 1.54) is 24.3 Å². The van der Waals surface area contributed by atoms with Crippen LogP contribution in [-0.4, -0.2) is 21.0 Å². The van der Waals surface area contributed by atoms with Gasteiger partial charge in [0.25, 0.3) is 6.43 Å². The van der Waals surface area contributed by atoms with Crippen molar-refractivity contribution in [3.05, 3.63) is 95.2 Å². The second-order valence-corrected chi connectivity index (χ2v) is 6.80. The smallest absolute Gasteiger partial charge is 0.335 e. The van der Waals surface area contributed by atoms with Crippen molar-refractivity contribution in [3.8, 4) is 11.6 Å². The molecule has 0 amide bonds. The molecule has 0 aliphatic carbocycles. The molecule has 0 unspecified atom stereocenters. The summed E-state index contributed by atoms with van der Waals surface area (Å²) in [5.41, 5.74) is 2.32. The summed E-state index contributed by atoms with van der Waals surface area (Å²) in [4.78, 5) is 15.3. The summed E-state index contributed by atoms with van der Waals surface area (Å²) in [6, 6.07) is 16.0. The van der Waals surface area contributed by atoms with Crippen LogP contribution in [0.25, 0.3) is 5.70 Å². The molecular formula is C25H24F2N2O3S. The van der Waals surface area contributed by atoms with Gasteiger partial charge in [0.1, 0.15) is 10.7 Å². The van der Waals surface area contributed by atoms with E-state index in [1.54, 1.807) is 36.4 Å². The first-order valence-electron chi connectivity index (χ1n) is 10.2. The molecule has 3 rings (SSSR count). The van der Waals surface area contributed by atoms with Crippen LogP contribution in [0.15, 0.2) is 72.9 Å². The SMILES string of the molecule is C/C=C(\NC(=S)c1ccc(Oc2ccc(C(F)F)cn2)cc1)c1ccc(C(=O)O)cc1.CC. The molecule has 8 heteroatoms. The highest BCUT2D eigenvalue weighted by Gasteiger charge is 2.10. The third-order valence-electron chi connectivity index (χ3n) is 4.33. The van der Waals surface area contributed by atoms with Crippen molar-refractivity contribution in [1.82, 2.24) is 10.3 Å². The molecule has 0 aliphatic rings. The minimum atomic E-state index is -2.58. The number of benzene rings is 2. The van der Waals surface area contributed by atoms with E-state index in [0.717, 1.165) is 23.0 Å². The Balaban J connectivity index is 0.00000187. The van der Waals surface area contributed by atoms with Gasteiger partial charge < -0.3 is 15.2 Å². The third kappa shape index (κ3) is 7.18. The van der Waals surface area contributed by atoms with Crippen molar-refractivity contribution in [3.63, 3.8) is 0 Å². The Morgan fingerprint density at radius 3 is 2.06 bits per heavy atom. The van der Waals surface area contributed by atoms with Crippen molar-refractivity contribution in [2.75, 3.05) is 0 Å². The summed E-state index contributed by atoms with van der Waals surface area (Å²) in [5.74, 6) is -0.294. The predicted octanol–water partition coefficient (Wildman–Crippen LogP) is 6.86. The summed E-state index contributed by atoms with van der Waals surface area (Å²) < 4.78 is 30.8. The Morgan fingerprint density at radius 2 is 1.58 bits per heavy atom. The summed E-state index contributed by atoms with van der Waals surface area (Å²) in [5, 5.41) is 12.2. The van der Waals surface area contributed by atoms with E-state index in [-0.39, 0.29) is 17.0 Å². The molecule has 0 radical (unpaired) electrons. The number of ether oxygens (including phenoxy) is 1. The highest BCUT2D eigenvalue weighted by molar-refractivity contribution is 7.80. The van der Waals surface area contributed by atoms with Crippen molar-refractivity contribution in [2.24, 2.45) is 0 Å². The Morgan fingerprint density at radius 1 is 1.00 bits per heavy atom. The molecule has 0 fully saturated rings. The molecule has 2 aromatic carbocycles. The zero-order valence-corrected chi connectivity index (χ0v) is 19.2. The van der Waals surface area contributed by atoms with Crippen LogP contribution in [0.3, 0.4) is 0 Å². The number of hydrogen-bond acceptors (Lipinski definition) is 4. The van der Waals surface area contributed by atoms with Crippen LogP contribution in [0.4, 0.5) is 8.78 Å². The number of halogens is 2. The highest BCUT2D eigenvalue weighted by atomic mass is 32.1. The average molecular weight is 471 g/mol. The van der Waals surface area contributed by atoms with Crippen LogP contribution >= 0.6 is 12.2 Å². The van der Waals surface area contributed by atoms with Gasteiger partial charge in [-0.15, -0.1) is 0 Å². The van der Waals surface area contributed by atoms with Crippen LogP contribution in [-0.2, 0) is 0 Å². The number of thiocarbonyl (C=S) groups is 1. The molecule has 5 nitrogen and oxygen atoms in total. The van der Waals surface area contributed by atoms with E-state index in [9.17, 15) is 13.6 Å². The van der Waals surface area contributed by atoms with Crippen LogP contribution in [0, 0.1) is 0 Å². The number of alkyl halides is 2. The molecule has 2 N–H and O–H groups in total. The number of aromatic carboxylic acids is 1. The summed E-state index contributed by atoms with van der Waals surface area (Å²) in [6.07, 6.45) is 0.343. The second-order valence-electron chi connectivity index (χ2n) is 6.40. The summed E-state index contributed by atoms with van der Waals surface area (Å²) in [6.45, 7) is 5.85. The maximum Gasteiger partial charge on any atom is 0.335 e. The van der Waals surface area contributed by atoms with Crippen molar-refractivity contribution in [1.29, 1.82) is 0 Å². The number of nitrogens with zero attached hydrogens (tertiary/aromatic N) is 1. The number of carboxylic acids is 1. The summed E-state index contributed by atoms with van der Waals surface area (Å²) >= 11 is 5.47. The van der Waals surface area contributed by atoms with Crippen LogP contribution in [0.5, 0.6) is 11.6 Å². The van der Waals surface area contributed by atoms with E-state index >= 15 is 0 Å². The van der Waals surface area contributed by atoms with Gasteiger partial charge in [-0.1, -0.05) is 44.3 Å². The first-order chi connectivity index (χ1) is 15.9. The van der Waals surface area contributed by atoms with E-state index in [2.05, 4.69) is 10.3 Å². The zero-order chi connectivity index (χ0) is 24.4. The molecular weight excluding hydrogens is 446 g/mol. The van der Waals surface area contributed by atoms with Gasteiger partial charge in [0, 0.05) is 29.1 Å². The van der Waals surface area contributed by atoms with E-state index < -0.39 is 12.4 Å². The van der Waals surface area contributed by atoms with Crippen molar-refractivity contribution < 1.29 is 23.4 Å². The Hall–Kier alpha value is -3.65. The molecule has 3 aromatic rings. The lowest BCUT2D eigenvalue weighted by Gasteiger charge is -2.13. The molecule has 172 valence electrons. The van der Waals surface area contributed by atoms with E-state index in [4.69, 9.17) is 22.1 Å². The Bertz CT molecular complexity index is 1100. The molecule has 1 heterocycles. The summed E-state index contributed by atoms with van der Waals surface area (Å²) in [7, 11) is 0. The second kappa shape index (κ2) is 12.4. The molecule has 0 aliphatic heterocycles. The number of carbonyl (C=O) groups is 1. The quantitative estimate of drug-likeness (QED) is 0.368. The lowest BCUT2D eigenvalue weighted by Crippen LogP contribution is -2.20. The average Bonchev–Trinajstić information content (AvgIpc) is 2.84. The molecule has 0 spiro atoms. The zero-order valence-electron chi connectivity index (χ0n) is 18.4. The van der Waals surface area contributed by atoms with Crippen LogP contribution in [0.2, 0.25) is 0 Å². The number of allylic oxidation sites excluding steroid dienone is 1. The van der Waals surface area contributed by atoms with Gasteiger partial charge in [-0.25, -0.2) is 18.6 Å². The molecule has 1 aromatic heterocycles.